The van der Waals surface area contributed by atoms with Crippen molar-refractivity contribution >= 4 is 45.0 Å². The smallest absolute Gasteiger partial charge is 0.407 e. The number of nitrogens with one attached hydrogen (secondary N) is 2. The fourth-order valence-electron chi connectivity index (χ4n) is 7.48. The molecule has 0 unspecified atom stereocenters. The Morgan fingerprint density at radius 3 is 2.23 bits per heavy atom. The largest absolute Gasteiger partial charge is 0.444 e. The molecule has 14 nitrogen and oxygen atoms in total. The van der Waals surface area contributed by atoms with Gasteiger partial charge in [0.05, 0.1) is 5.52 Å². The Kier molecular flexibility index (Phi) is 10.0. The van der Waals surface area contributed by atoms with Crippen molar-refractivity contribution in [2.75, 3.05) is 57.3 Å². The van der Waals surface area contributed by atoms with E-state index in [2.05, 4.69) is 32.8 Å². The van der Waals surface area contributed by atoms with Crippen LogP contribution < -0.4 is 15.5 Å². The molecule has 0 bridgehead atoms. The number of carbonyl (C=O) groups is 3. The van der Waals surface area contributed by atoms with E-state index in [4.69, 9.17) is 4.74 Å². The topological polar surface area (TPSA) is 149 Å². The number of nitrogens with zero attached hydrogens (tertiary/aromatic N) is 6. The molecule has 4 amide bonds. The Morgan fingerprint density at radius 2 is 1.60 bits per heavy atom. The summed E-state index contributed by atoms with van der Waals surface area (Å²) in [6.07, 6.45) is 4.77. The molecule has 4 saturated heterocycles. The van der Waals surface area contributed by atoms with E-state index in [1.807, 2.05) is 38.6 Å². The van der Waals surface area contributed by atoms with E-state index in [-0.39, 0.29) is 18.4 Å². The highest BCUT2D eigenvalue weighted by Crippen LogP contribution is 2.34. The third kappa shape index (κ3) is 7.79. The van der Waals surface area contributed by atoms with Crippen molar-refractivity contribution in [3.05, 3.63) is 23.8 Å². The van der Waals surface area contributed by atoms with E-state index in [0.717, 1.165) is 56.2 Å². The number of likely N-dealkylation sites (tertiary alicyclic amines) is 1. The number of aromatic nitrogens is 2. The molecule has 4 aliphatic rings. The third-order valence-corrected chi connectivity index (χ3v) is 12.2. The first-order chi connectivity index (χ1) is 22.8. The molecule has 4 aliphatic heterocycles. The maximum Gasteiger partial charge on any atom is 0.407 e. The van der Waals surface area contributed by atoms with E-state index in [0.29, 0.717) is 63.2 Å². The van der Waals surface area contributed by atoms with Gasteiger partial charge in [0.2, 0.25) is 5.91 Å². The lowest BCUT2D eigenvalue weighted by Crippen LogP contribution is -2.53. The van der Waals surface area contributed by atoms with Crippen LogP contribution in [0, 0.1) is 5.92 Å². The molecule has 48 heavy (non-hydrogen) atoms. The SMILES string of the molecule is Cn1nc(N2CCC(=O)NC2=O)c2ccc(C3CCN(CC4CCN(S(=O)(=O)N5CCC(NC(=O)OC(C)(C)C)CC5)CC4)CC3)cc21. The van der Waals surface area contributed by atoms with Crippen LogP contribution in [-0.4, -0.2) is 114 Å². The van der Waals surface area contributed by atoms with Crippen LogP contribution >= 0.6 is 0 Å². The first-order valence-corrected chi connectivity index (χ1v) is 18.7. The van der Waals surface area contributed by atoms with Gasteiger partial charge in [-0.1, -0.05) is 6.07 Å². The minimum Gasteiger partial charge on any atom is -0.444 e. The van der Waals surface area contributed by atoms with Crippen LogP contribution in [0.2, 0.25) is 0 Å². The molecule has 15 heteroatoms. The Morgan fingerprint density at radius 1 is 0.958 bits per heavy atom. The third-order valence-electron chi connectivity index (χ3n) is 10.1. The van der Waals surface area contributed by atoms with Gasteiger partial charge in [0.15, 0.2) is 5.82 Å². The summed E-state index contributed by atoms with van der Waals surface area (Å²) < 4.78 is 37.2. The summed E-state index contributed by atoms with van der Waals surface area (Å²) >= 11 is 0. The zero-order valence-corrected chi connectivity index (χ0v) is 29.4. The predicted molar refractivity (Wildman–Crippen MR) is 182 cm³/mol. The Labute approximate surface area is 283 Å². The second kappa shape index (κ2) is 13.9. The molecule has 0 radical (unpaired) electrons. The van der Waals surface area contributed by atoms with Gasteiger partial charge in [-0.3, -0.25) is 19.7 Å². The van der Waals surface area contributed by atoms with Crippen LogP contribution in [-0.2, 0) is 26.8 Å². The molecule has 2 N–H and O–H groups in total. The fraction of sp³-hybridized carbons (Fsp3) is 0.697. The van der Waals surface area contributed by atoms with E-state index in [1.165, 1.54) is 5.56 Å². The van der Waals surface area contributed by atoms with E-state index < -0.39 is 27.9 Å². The van der Waals surface area contributed by atoms with Gasteiger partial charge in [-0.2, -0.15) is 22.1 Å². The van der Waals surface area contributed by atoms with Crippen molar-refractivity contribution < 1.29 is 27.5 Å². The molecular weight excluding hydrogens is 636 g/mol. The number of benzene rings is 1. The first kappa shape index (κ1) is 34.6. The molecule has 5 heterocycles. The number of fused-ring (bicyclic) bond motifs is 1. The number of urea groups is 1. The van der Waals surface area contributed by atoms with Crippen LogP contribution in [0.4, 0.5) is 15.4 Å². The number of carbonyl (C=O) groups excluding carboxylic acids is 3. The summed E-state index contributed by atoms with van der Waals surface area (Å²) in [7, 11) is -1.64. The monoisotopic (exact) mass is 686 g/mol. The summed E-state index contributed by atoms with van der Waals surface area (Å²) in [6.45, 7) is 10.7. The Hall–Kier alpha value is -3.27. The van der Waals surface area contributed by atoms with Crippen molar-refractivity contribution in [2.24, 2.45) is 13.0 Å². The van der Waals surface area contributed by atoms with Gasteiger partial charge < -0.3 is 15.0 Å². The summed E-state index contributed by atoms with van der Waals surface area (Å²) in [5.74, 6) is 1.23. The van der Waals surface area contributed by atoms with Crippen LogP contribution in [0.1, 0.15) is 77.2 Å². The van der Waals surface area contributed by atoms with Crippen molar-refractivity contribution in [1.82, 2.24) is 33.9 Å². The van der Waals surface area contributed by atoms with Crippen LogP contribution in [0.25, 0.3) is 10.9 Å². The number of rotatable bonds is 7. The number of aryl methyl sites for hydroxylation is 1. The number of amides is 4. The summed E-state index contributed by atoms with van der Waals surface area (Å²) in [5.41, 5.74) is 1.68. The second-order valence-corrected chi connectivity index (χ2v) is 16.7. The number of hydrogen-bond donors (Lipinski definition) is 2. The Bertz CT molecular complexity index is 1610. The highest BCUT2D eigenvalue weighted by molar-refractivity contribution is 7.86. The molecule has 2 aromatic rings. The maximum absolute atomic E-state index is 13.4. The molecular formula is C33H50N8O6S. The molecule has 4 fully saturated rings. The van der Waals surface area contributed by atoms with Crippen molar-refractivity contribution in [2.45, 2.75) is 83.3 Å². The quantitative estimate of drug-likeness (QED) is 0.452. The van der Waals surface area contributed by atoms with Crippen LogP contribution in [0.5, 0.6) is 0 Å². The zero-order valence-electron chi connectivity index (χ0n) is 28.6. The van der Waals surface area contributed by atoms with Crippen molar-refractivity contribution in [3.63, 3.8) is 0 Å². The normalized spacial score (nSPS) is 22.3. The van der Waals surface area contributed by atoms with Gasteiger partial charge in [-0.25, -0.2) is 9.59 Å². The number of anilines is 1. The molecule has 1 aromatic carbocycles. The Balaban J connectivity index is 0.950. The lowest BCUT2D eigenvalue weighted by atomic mass is 9.88. The number of imide groups is 1. The average Bonchev–Trinajstić information content (AvgIpc) is 3.36. The van der Waals surface area contributed by atoms with Gasteiger partial charge in [0, 0.05) is 64.2 Å². The molecule has 264 valence electrons. The number of piperidine rings is 3. The molecule has 6 rings (SSSR count). The van der Waals surface area contributed by atoms with Gasteiger partial charge in [0.1, 0.15) is 5.60 Å². The van der Waals surface area contributed by atoms with Gasteiger partial charge in [0.25, 0.3) is 10.2 Å². The molecule has 0 atom stereocenters. The zero-order chi connectivity index (χ0) is 34.2. The van der Waals surface area contributed by atoms with Crippen molar-refractivity contribution in [3.8, 4) is 0 Å². The minimum atomic E-state index is -3.52. The number of hydrogen-bond acceptors (Lipinski definition) is 8. The highest BCUT2D eigenvalue weighted by Gasteiger charge is 2.36. The van der Waals surface area contributed by atoms with E-state index >= 15 is 0 Å². The summed E-state index contributed by atoms with van der Waals surface area (Å²) in [4.78, 5) is 40.2. The van der Waals surface area contributed by atoms with Gasteiger partial charge in [-0.15, -0.1) is 0 Å². The van der Waals surface area contributed by atoms with E-state index in [9.17, 15) is 22.8 Å². The summed E-state index contributed by atoms with van der Waals surface area (Å²) in [5, 5.41) is 10.8. The van der Waals surface area contributed by atoms with Crippen LogP contribution in [0.15, 0.2) is 18.2 Å². The highest BCUT2D eigenvalue weighted by atomic mass is 32.2. The standard InChI is InChI=1S/C33H50N8O6S/c1-33(2,3)47-32(44)34-26-11-18-40(19-12-26)48(45,46)39-16-7-23(8-17-39)22-38-14-9-24(10-15-38)25-5-6-27-28(21-25)37(4)36-30(27)41-20-13-29(42)35-31(41)43/h5-6,21,23-24,26H,7-20,22H2,1-4H3,(H,34,44)(H,35,42,43). The minimum absolute atomic E-state index is 0.0877. The van der Waals surface area contributed by atoms with Crippen molar-refractivity contribution in [1.29, 1.82) is 0 Å². The maximum atomic E-state index is 13.4. The fourth-order valence-corrected chi connectivity index (χ4v) is 9.15. The van der Waals surface area contributed by atoms with Gasteiger partial charge >= 0.3 is 12.1 Å². The number of alkyl carbamates (subject to hydrolysis) is 1. The molecule has 1 aromatic heterocycles. The average molecular weight is 687 g/mol. The number of ether oxygens (including phenoxy) is 1. The summed E-state index contributed by atoms with van der Waals surface area (Å²) in [6, 6.07) is 5.87. The van der Waals surface area contributed by atoms with Gasteiger partial charge in [-0.05, 0) is 102 Å². The predicted octanol–water partition coefficient (Wildman–Crippen LogP) is 3.14. The lowest BCUT2D eigenvalue weighted by Gasteiger charge is -2.39. The van der Waals surface area contributed by atoms with E-state index in [1.54, 1.807) is 13.5 Å². The lowest BCUT2D eigenvalue weighted by molar-refractivity contribution is -0.120. The molecule has 0 spiro atoms. The molecule has 0 aliphatic carbocycles. The first-order valence-electron chi connectivity index (χ1n) is 17.3. The molecule has 0 saturated carbocycles. The van der Waals surface area contributed by atoms with Crippen LogP contribution in [0.3, 0.4) is 0 Å². The second-order valence-electron chi connectivity index (χ2n) is 14.7.